The van der Waals surface area contributed by atoms with E-state index in [0.717, 1.165) is 11.8 Å². The molecule has 0 bridgehead atoms. The van der Waals surface area contributed by atoms with E-state index in [9.17, 15) is 0 Å². The minimum Gasteiger partial charge on any atom is -0.0851 e. The third-order valence-electron chi connectivity index (χ3n) is 4.51. The van der Waals surface area contributed by atoms with Gasteiger partial charge in [-0.3, -0.25) is 0 Å². The van der Waals surface area contributed by atoms with Crippen molar-refractivity contribution in [3.05, 3.63) is 11.6 Å². The van der Waals surface area contributed by atoms with E-state index >= 15 is 0 Å². The Morgan fingerprint density at radius 1 is 0.905 bits per heavy atom. The molecule has 0 nitrogen and oxygen atoms in total. The first-order valence-electron chi connectivity index (χ1n) is 9.40. The van der Waals surface area contributed by atoms with Crippen LogP contribution in [0.1, 0.15) is 106 Å². The van der Waals surface area contributed by atoms with Crippen LogP contribution in [0, 0.1) is 17.3 Å². The van der Waals surface area contributed by atoms with Crippen molar-refractivity contribution >= 4 is 0 Å². The first-order chi connectivity index (χ1) is 9.74. The smallest absolute Gasteiger partial charge is 0.0299 e. The van der Waals surface area contributed by atoms with Crippen LogP contribution < -0.4 is 0 Å². The van der Waals surface area contributed by atoms with Crippen LogP contribution in [0.5, 0.6) is 0 Å². The monoisotopic (exact) mass is 294 g/mol. The van der Waals surface area contributed by atoms with E-state index in [0.29, 0.717) is 5.41 Å². The average Bonchev–Trinajstić information content (AvgIpc) is 2.36. The Morgan fingerprint density at radius 2 is 1.43 bits per heavy atom. The number of hydrogen-bond donors (Lipinski definition) is 0. The number of allylic oxidation sites excluding steroid dienone is 2. The van der Waals surface area contributed by atoms with Crippen LogP contribution in [0.2, 0.25) is 0 Å². The lowest BCUT2D eigenvalue weighted by Gasteiger charge is -2.16. The quantitative estimate of drug-likeness (QED) is 0.341. The molecule has 0 heteroatoms. The minimum absolute atomic E-state index is 0.434. The second-order valence-corrected chi connectivity index (χ2v) is 8.64. The lowest BCUT2D eigenvalue weighted by Crippen LogP contribution is -2.02. The highest BCUT2D eigenvalue weighted by Gasteiger charge is 2.08. The van der Waals surface area contributed by atoms with Gasteiger partial charge < -0.3 is 0 Å². The molecular formula is C21H42. The fourth-order valence-corrected chi connectivity index (χ4v) is 2.91. The summed E-state index contributed by atoms with van der Waals surface area (Å²) in [5.74, 6) is 1.85. The maximum absolute atomic E-state index is 2.46. The van der Waals surface area contributed by atoms with E-state index in [1.165, 1.54) is 57.8 Å². The molecule has 0 aromatic rings. The van der Waals surface area contributed by atoms with Gasteiger partial charge in [-0.25, -0.2) is 0 Å². The Morgan fingerprint density at radius 3 is 1.95 bits per heavy atom. The molecule has 0 aromatic carbocycles. The topological polar surface area (TPSA) is 0 Å². The van der Waals surface area contributed by atoms with Crippen LogP contribution >= 0.6 is 0 Å². The average molecular weight is 295 g/mol. The maximum atomic E-state index is 2.46. The molecule has 2 unspecified atom stereocenters. The van der Waals surface area contributed by atoms with Gasteiger partial charge in [0.15, 0.2) is 0 Å². The van der Waals surface area contributed by atoms with Gasteiger partial charge in [0.2, 0.25) is 0 Å². The van der Waals surface area contributed by atoms with Gasteiger partial charge in [-0.05, 0) is 43.4 Å². The summed E-state index contributed by atoms with van der Waals surface area (Å²) >= 11 is 0. The van der Waals surface area contributed by atoms with E-state index in [4.69, 9.17) is 0 Å². The fraction of sp³-hybridized carbons (Fsp3) is 0.905. The molecule has 2 atom stereocenters. The van der Waals surface area contributed by atoms with Crippen molar-refractivity contribution in [2.45, 2.75) is 106 Å². The summed E-state index contributed by atoms with van der Waals surface area (Å²) in [7, 11) is 0. The first-order valence-corrected chi connectivity index (χ1v) is 9.40. The standard InChI is InChI=1S/C21H42/c1-8-11-18(2)12-9-13-19(3)14-10-15-20(4)16-17-21(5,6)7/h16,18-19H,8-15,17H2,1-7H3/b20-16+. The molecule has 0 radical (unpaired) electrons. The molecule has 0 aromatic heterocycles. The zero-order valence-electron chi connectivity index (χ0n) is 16.1. The van der Waals surface area contributed by atoms with Crippen molar-refractivity contribution in [1.82, 2.24) is 0 Å². The summed E-state index contributed by atoms with van der Waals surface area (Å²) in [6.07, 6.45) is 14.8. The predicted octanol–water partition coefficient (Wildman–Crippen LogP) is 7.78. The Balaban J connectivity index is 3.67. The third-order valence-corrected chi connectivity index (χ3v) is 4.51. The summed E-state index contributed by atoms with van der Waals surface area (Å²) in [6, 6.07) is 0. The third kappa shape index (κ3) is 14.4. The summed E-state index contributed by atoms with van der Waals surface area (Å²) in [5.41, 5.74) is 2.03. The van der Waals surface area contributed by atoms with Gasteiger partial charge in [-0.1, -0.05) is 91.7 Å². The highest BCUT2D eigenvalue weighted by Crippen LogP contribution is 2.23. The van der Waals surface area contributed by atoms with Crippen LogP contribution in [-0.2, 0) is 0 Å². The van der Waals surface area contributed by atoms with E-state index in [1.807, 2.05) is 0 Å². The maximum Gasteiger partial charge on any atom is -0.0299 e. The summed E-state index contributed by atoms with van der Waals surface area (Å²) in [4.78, 5) is 0. The molecule has 0 heterocycles. The highest BCUT2D eigenvalue weighted by molar-refractivity contribution is 4.99. The van der Waals surface area contributed by atoms with Crippen molar-refractivity contribution in [3.8, 4) is 0 Å². The summed E-state index contributed by atoms with van der Waals surface area (Å²) < 4.78 is 0. The molecular weight excluding hydrogens is 252 g/mol. The van der Waals surface area contributed by atoms with Gasteiger partial charge in [0, 0.05) is 0 Å². The molecule has 0 aliphatic carbocycles. The first kappa shape index (κ1) is 20.7. The van der Waals surface area contributed by atoms with Gasteiger partial charge in [0.05, 0.1) is 0 Å². The molecule has 126 valence electrons. The molecule has 0 N–H and O–H groups in total. The molecule has 21 heavy (non-hydrogen) atoms. The van der Waals surface area contributed by atoms with E-state index in [2.05, 4.69) is 54.5 Å². The van der Waals surface area contributed by atoms with Gasteiger partial charge in [-0.15, -0.1) is 0 Å². The van der Waals surface area contributed by atoms with Crippen LogP contribution in [0.25, 0.3) is 0 Å². The van der Waals surface area contributed by atoms with Crippen molar-refractivity contribution in [3.63, 3.8) is 0 Å². The van der Waals surface area contributed by atoms with Gasteiger partial charge >= 0.3 is 0 Å². The van der Waals surface area contributed by atoms with Gasteiger partial charge in [-0.2, -0.15) is 0 Å². The fourth-order valence-electron chi connectivity index (χ4n) is 2.91. The number of hydrogen-bond acceptors (Lipinski definition) is 0. The van der Waals surface area contributed by atoms with Crippen LogP contribution in [0.4, 0.5) is 0 Å². The van der Waals surface area contributed by atoms with Crippen LogP contribution in [0.15, 0.2) is 11.6 Å². The highest BCUT2D eigenvalue weighted by atomic mass is 14.1. The van der Waals surface area contributed by atoms with E-state index < -0.39 is 0 Å². The van der Waals surface area contributed by atoms with E-state index in [-0.39, 0.29) is 0 Å². The SMILES string of the molecule is CCCC(C)CCCC(C)CCC/C(C)=C/CC(C)(C)C. The lowest BCUT2D eigenvalue weighted by atomic mass is 9.90. The van der Waals surface area contributed by atoms with Crippen molar-refractivity contribution in [2.75, 3.05) is 0 Å². The lowest BCUT2D eigenvalue weighted by molar-refractivity contribution is 0.402. The van der Waals surface area contributed by atoms with E-state index in [1.54, 1.807) is 5.57 Å². The molecule has 0 aliphatic rings. The van der Waals surface area contributed by atoms with Crippen LogP contribution in [0.3, 0.4) is 0 Å². The molecule has 0 saturated heterocycles. The molecule has 0 spiro atoms. The predicted molar refractivity (Wildman–Crippen MR) is 98.8 cm³/mol. The van der Waals surface area contributed by atoms with Gasteiger partial charge in [0.1, 0.15) is 0 Å². The Bertz CT molecular complexity index is 266. The Hall–Kier alpha value is -0.260. The normalized spacial score (nSPS) is 16.0. The van der Waals surface area contributed by atoms with Gasteiger partial charge in [0.25, 0.3) is 0 Å². The summed E-state index contributed by atoms with van der Waals surface area (Å²) in [6.45, 7) is 16.4. The zero-order valence-corrected chi connectivity index (χ0v) is 16.1. The van der Waals surface area contributed by atoms with Crippen molar-refractivity contribution < 1.29 is 0 Å². The largest absolute Gasteiger partial charge is 0.0851 e. The molecule has 0 amide bonds. The molecule has 0 rings (SSSR count). The molecule has 0 saturated carbocycles. The summed E-state index contributed by atoms with van der Waals surface area (Å²) in [5, 5.41) is 0. The van der Waals surface area contributed by atoms with Crippen LogP contribution in [-0.4, -0.2) is 0 Å². The minimum atomic E-state index is 0.434. The second-order valence-electron chi connectivity index (χ2n) is 8.64. The number of rotatable bonds is 11. The molecule has 0 aliphatic heterocycles. The van der Waals surface area contributed by atoms with Crippen molar-refractivity contribution in [2.24, 2.45) is 17.3 Å². The Labute approximate surface area is 135 Å². The molecule has 0 fully saturated rings. The zero-order chi connectivity index (χ0) is 16.3. The van der Waals surface area contributed by atoms with Crippen molar-refractivity contribution in [1.29, 1.82) is 0 Å². The second kappa shape index (κ2) is 11.3. The Kier molecular flexibility index (Phi) is 11.2.